The predicted octanol–water partition coefficient (Wildman–Crippen LogP) is 4.31. The zero-order valence-electron chi connectivity index (χ0n) is 18.6. The molecule has 0 radical (unpaired) electrons. The first-order chi connectivity index (χ1) is 14.9. The van der Waals surface area contributed by atoms with Crippen LogP contribution in [0.5, 0.6) is 11.5 Å². The summed E-state index contributed by atoms with van der Waals surface area (Å²) < 4.78 is 11.0. The smallest absolute Gasteiger partial charge is 0.261 e. The van der Waals surface area contributed by atoms with E-state index in [1.54, 1.807) is 31.4 Å². The minimum atomic E-state index is -0.635. The van der Waals surface area contributed by atoms with Gasteiger partial charge in [0.2, 0.25) is 5.91 Å². The zero-order valence-corrected chi connectivity index (χ0v) is 19.3. The first-order valence-electron chi connectivity index (χ1n) is 10.4. The van der Waals surface area contributed by atoms with Crippen LogP contribution in [0.2, 0.25) is 5.02 Å². The average molecular weight is 447 g/mol. The lowest BCUT2D eigenvalue weighted by Gasteiger charge is -2.31. The van der Waals surface area contributed by atoms with Gasteiger partial charge in [-0.15, -0.1) is 0 Å². The summed E-state index contributed by atoms with van der Waals surface area (Å²) >= 11 is 6.33. The fraction of sp³-hybridized carbons (Fsp3) is 0.417. The topological polar surface area (TPSA) is 67.9 Å². The van der Waals surface area contributed by atoms with Crippen LogP contribution < -0.4 is 14.8 Å². The molecule has 6 nitrogen and oxygen atoms in total. The monoisotopic (exact) mass is 446 g/mol. The Hall–Kier alpha value is -2.73. The molecular formula is C24H31ClN2O4. The summed E-state index contributed by atoms with van der Waals surface area (Å²) in [7, 11) is 1.54. The minimum Gasteiger partial charge on any atom is -0.493 e. The van der Waals surface area contributed by atoms with Crippen LogP contribution >= 0.6 is 11.6 Å². The number of amides is 2. The second-order valence-corrected chi connectivity index (χ2v) is 8.02. The van der Waals surface area contributed by atoms with Gasteiger partial charge in [0.25, 0.3) is 5.91 Å². The molecule has 0 aliphatic heterocycles. The SMILES string of the molecule is CC[C@@H](C(=O)NCC(C)C)N(Cc1ccccc1Cl)C(=O)COc1ccccc1OC. The van der Waals surface area contributed by atoms with Gasteiger partial charge in [-0.1, -0.05) is 62.7 Å². The van der Waals surface area contributed by atoms with E-state index in [0.29, 0.717) is 35.4 Å². The third kappa shape index (κ3) is 7.17. The van der Waals surface area contributed by atoms with Crippen molar-refractivity contribution >= 4 is 23.4 Å². The molecule has 0 aromatic heterocycles. The van der Waals surface area contributed by atoms with E-state index in [9.17, 15) is 9.59 Å². The van der Waals surface area contributed by atoms with Crippen molar-refractivity contribution < 1.29 is 19.1 Å². The van der Waals surface area contributed by atoms with Crippen LogP contribution in [0.4, 0.5) is 0 Å². The van der Waals surface area contributed by atoms with E-state index < -0.39 is 6.04 Å². The van der Waals surface area contributed by atoms with Crippen molar-refractivity contribution in [3.05, 3.63) is 59.1 Å². The van der Waals surface area contributed by atoms with Gasteiger partial charge in [0.1, 0.15) is 6.04 Å². The third-order valence-corrected chi connectivity index (χ3v) is 5.16. The highest BCUT2D eigenvalue weighted by Gasteiger charge is 2.29. The molecule has 0 fully saturated rings. The van der Waals surface area contributed by atoms with Gasteiger partial charge in [0.05, 0.1) is 7.11 Å². The molecule has 0 aliphatic carbocycles. The third-order valence-electron chi connectivity index (χ3n) is 4.79. The van der Waals surface area contributed by atoms with Crippen molar-refractivity contribution in [2.24, 2.45) is 5.92 Å². The fourth-order valence-electron chi connectivity index (χ4n) is 3.11. The number of ether oxygens (including phenoxy) is 2. The van der Waals surface area contributed by atoms with E-state index in [-0.39, 0.29) is 25.0 Å². The normalized spacial score (nSPS) is 11.7. The molecule has 7 heteroatoms. The molecule has 168 valence electrons. The van der Waals surface area contributed by atoms with Gasteiger partial charge < -0.3 is 19.7 Å². The number of methoxy groups -OCH3 is 1. The van der Waals surface area contributed by atoms with Crippen molar-refractivity contribution in [1.29, 1.82) is 0 Å². The van der Waals surface area contributed by atoms with E-state index >= 15 is 0 Å². The van der Waals surface area contributed by atoms with Crippen molar-refractivity contribution in [3.8, 4) is 11.5 Å². The summed E-state index contributed by atoms with van der Waals surface area (Å²) in [6, 6.07) is 13.8. The van der Waals surface area contributed by atoms with Crippen LogP contribution in [0.15, 0.2) is 48.5 Å². The Bertz CT molecular complexity index is 872. The Morgan fingerprint density at radius 3 is 2.32 bits per heavy atom. The lowest BCUT2D eigenvalue weighted by atomic mass is 10.1. The van der Waals surface area contributed by atoms with Crippen molar-refractivity contribution in [2.75, 3.05) is 20.3 Å². The van der Waals surface area contributed by atoms with Crippen molar-refractivity contribution in [3.63, 3.8) is 0 Å². The van der Waals surface area contributed by atoms with Crippen LogP contribution in [0, 0.1) is 5.92 Å². The summed E-state index contributed by atoms with van der Waals surface area (Å²) in [6.45, 7) is 6.46. The van der Waals surface area contributed by atoms with Crippen LogP contribution in [-0.4, -0.2) is 43.0 Å². The number of benzene rings is 2. The molecule has 0 heterocycles. The molecule has 1 N–H and O–H groups in total. The maximum absolute atomic E-state index is 13.2. The second-order valence-electron chi connectivity index (χ2n) is 7.62. The molecule has 2 aromatic carbocycles. The molecule has 2 amide bonds. The van der Waals surface area contributed by atoms with Gasteiger partial charge in [0, 0.05) is 18.1 Å². The van der Waals surface area contributed by atoms with Crippen LogP contribution in [0.25, 0.3) is 0 Å². The molecule has 31 heavy (non-hydrogen) atoms. The summed E-state index contributed by atoms with van der Waals surface area (Å²) in [5.74, 6) is 0.817. The Morgan fingerprint density at radius 2 is 1.71 bits per heavy atom. The lowest BCUT2D eigenvalue weighted by molar-refractivity contribution is -0.143. The van der Waals surface area contributed by atoms with E-state index in [2.05, 4.69) is 5.32 Å². The molecule has 1 atom stereocenters. The van der Waals surface area contributed by atoms with Gasteiger partial charge in [-0.05, 0) is 36.1 Å². The Morgan fingerprint density at radius 1 is 1.06 bits per heavy atom. The van der Waals surface area contributed by atoms with Gasteiger partial charge in [-0.25, -0.2) is 0 Å². The van der Waals surface area contributed by atoms with Crippen molar-refractivity contribution in [2.45, 2.75) is 39.8 Å². The summed E-state index contributed by atoms with van der Waals surface area (Å²) in [4.78, 5) is 27.6. The molecule has 0 saturated heterocycles. The van der Waals surface area contributed by atoms with E-state index in [4.69, 9.17) is 21.1 Å². The number of carbonyl (C=O) groups excluding carboxylic acids is 2. The van der Waals surface area contributed by atoms with Crippen LogP contribution in [0.3, 0.4) is 0 Å². The molecule has 0 aliphatic rings. The maximum atomic E-state index is 13.2. The molecule has 2 rings (SSSR count). The van der Waals surface area contributed by atoms with E-state index in [0.717, 1.165) is 5.56 Å². The molecule has 0 spiro atoms. The standard InChI is InChI=1S/C24H31ClN2O4/c1-5-20(24(29)26-14-17(2)3)27(15-18-10-6-7-11-19(18)25)23(28)16-31-22-13-9-8-12-21(22)30-4/h6-13,17,20H,5,14-16H2,1-4H3,(H,26,29)/t20-/m0/s1. The Kier molecular flexibility index (Phi) is 9.66. The second kappa shape index (κ2) is 12.2. The Balaban J connectivity index is 2.23. The number of halogens is 1. The average Bonchev–Trinajstić information content (AvgIpc) is 2.77. The maximum Gasteiger partial charge on any atom is 0.261 e. The summed E-state index contributed by atoms with van der Waals surface area (Å²) in [5, 5.41) is 3.48. The zero-order chi connectivity index (χ0) is 22.8. The Labute approximate surface area is 189 Å². The highest BCUT2D eigenvalue weighted by atomic mass is 35.5. The number of nitrogens with one attached hydrogen (secondary N) is 1. The fourth-order valence-corrected chi connectivity index (χ4v) is 3.31. The predicted molar refractivity (Wildman–Crippen MR) is 122 cm³/mol. The van der Waals surface area contributed by atoms with E-state index in [1.165, 1.54) is 4.90 Å². The molecule has 2 aromatic rings. The van der Waals surface area contributed by atoms with Crippen molar-refractivity contribution in [1.82, 2.24) is 10.2 Å². The summed E-state index contributed by atoms with van der Waals surface area (Å²) in [6.07, 6.45) is 0.467. The van der Waals surface area contributed by atoms with Crippen LogP contribution in [0.1, 0.15) is 32.8 Å². The largest absolute Gasteiger partial charge is 0.493 e. The summed E-state index contributed by atoms with van der Waals surface area (Å²) in [5.41, 5.74) is 0.768. The number of rotatable bonds is 11. The molecule has 0 bridgehead atoms. The molecule has 0 saturated carbocycles. The lowest BCUT2D eigenvalue weighted by Crippen LogP contribution is -2.50. The number of para-hydroxylation sites is 2. The first-order valence-corrected chi connectivity index (χ1v) is 10.8. The number of hydrogen-bond donors (Lipinski definition) is 1. The first kappa shape index (κ1) is 24.5. The van der Waals surface area contributed by atoms with Crippen LogP contribution in [-0.2, 0) is 16.1 Å². The van der Waals surface area contributed by atoms with Gasteiger partial charge in [-0.2, -0.15) is 0 Å². The highest BCUT2D eigenvalue weighted by Crippen LogP contribution is 2.26. The van der Waals surface area contributed by atoms with Gasteiger partial charge >= 0.3 is 0 Å². The quantitative estimate of drug-likeness (QED) is 0.558. The number of nitrogens with zero attached hydrogens (tertiary/aromatic N) is 1. The van der Waals surface area contributed by atoms with E-state index in [1.807, 2.05) is 45.0 Å². The number of hydrogen-bond acceptors (Lipinski definition) is 4. The van der Waals surface area contributed by atoms with Gasteiger partial charge in [0.15, 0.2) is 18.1 Å². The molecule has 0 unspecified atom stereocenters. The minimum absolute atomic E-state index is 0.186. The van der Waals surface area contributed by atoms with Gasteiger partial charge in [-0.3, -0.25) is 9.59 Å². The number of carbonyl (C=O) groups is 2. The molecular weight excluding hydrogens is 416 g/mol. The highest BCUT2D eigenvalue weighted by molar-refractivity contribution is 6.31.